The van der Waals surface area contributed by atoms with Crippen LogP contribution in [0.25, 0.3) is 0 Å². The minimum atomic E-state index is -0.0934. The molecule has 4 heteroatoms. The van der Waals surface area contributed by atoms with Gasteiger partial charge in [0.2, 0.25) is 0 Å². The average molecular weight is 134 g/mol. The van der Waals surface area contributed by atoms with Crippen molar-refractivity contribution in [1.29, 1.82) is 0 Å². The van der Waals surface area contributed by atoms with Gasteiger partial charge < -0.3 is 0 Å². The molecule has 0 saturated carbocycles. The zero-order chi connectivity index (χ0) is 4.99. The molecule has 0 aliphatic heterocycles. The normalized spacial score (nSPS) is 10.5. The van der Waals surface area contributed by atoms with Crippen LogP contribution in [0, 0.1) is 0 Å². The average Bonchev–Trinajstić information content (AvgIpc) is 1.35. The predicted molar refractivity (Wildman–Crippen MR) is 39.5 cm³/mol. The van der Waals surface area contributed by atoms with E-state index in [9.17, 15) is 0 Å². The van der Waals surface area contributed by atoms with Gasteiger partial charge in [-0.15, -0.1) is 0 Å². The van der Waals surface area contributed by atoms with E-state index in [0.717, 1.165) is 0 Å². The molecule has 0 heterocycles. The molecule has 0 aliphatic carbocycles. The van der Waals surface area contributed by atoms with E-state index in [1.54, 1.807) is 0 Å². The Labute approximate surface area is 47.9 Å². The third-order valence-electron chi connectivity index (χ3n) is 0.405. The monoisotopic (exact) mass is 134 g/mol. The molecular formula is C2H7BS2Si. The fourth-order valence-corrected chi connectivity index (χ4v) is 3.31. The van der Waals surface area contributed by atoms with Gasteiger partial charge in [0, 0.05) is 0 Å². The maximum absolute atomic E-state index is 5.31. The second kappa shape index (κ2) is 3.90. The molecule has 0 aliphatic rings. The first-order chi connectivity index (χ1) is 2.77. The molecule has 0 N–H and O–H groups in total. The summed E-state index contributed by atoms with van der Waals surface area (Å²) >= 11 is 4.75. The van der Waals surface area contributed by atoms with Gasteiger partial charge in [0.05, 0.1) is 0 Å². The van der Waals surface area contributed by atoms with Crippen LogP contribution < -0.4 is 0 Å². The Morgan fingerprint density at radius 2 is 2.50 bits per heavy atom. The SMILES string of the molecule is B#S(=S)[SiH2]CC. The van der Waals surface area contributed by atoms with E-state index in [2.05, 4.69) is 6.92 Å². The van der Waals surface area contributed by atoms with Gasteiger partial charge in [-0.25, -0.2) is 0 Å². The summed E-state index contributed by atoms with van der Waals surface area (Å²) in [5, 5.41) is 0. The summed E-state index contributed by atoms with van der Waals surface area (Å²) in [5.74, 6) is 0. The molecule has 34 valence electrons. The zero-order valence-electron chi connectivity index (χ0n) is 3.81. The Hall–Kier alpha value is 0.722. The molecule has 0 fully saturated rings. The molecule has 0 atom stereocenters. The van der Waals surface area contributed by atoms with Crippen molar-refractivity contribution < 1.29 is 0 Å². The molecule has 0 saturated heterocycles. The van der Waals surface area contributed by atoms with E-state index >= 15 is 0 Å². The third kappa shape index (κ3) is 4.72. The van der Waals surface area contributed by atoms with Gasteiger partial charge in [0.15, 0.2) is 0 Å². The van der Waals surface area contributed by atoms with Crippen molar-refractivity contribution in [3.63, 3.8) is 0 Å². The van der Waals surface area contributed by atoms with Crippen LogP contribution in [0.3, 0.4) is 0 Å². The molecule has 0 bridgehead atoms. The Morgan fingerprint density at radius 1 is 2.00 bits per heavy atom. The molecule has 0 radical (unpaired) electrons. The first-order valence-corrected chi connectivity index (χ1v) is 7.01. The predicted octanol–water partition coefficient (Wildman–Crippen LogP) is -0.328. The number of hydrogen-bond acceptors (Lipinski definition) is 1. The van der Waals surface area contributed by atoms with Crippen molar-refractivity contribution in [3.05, 3.63) is 0 Å². The number of hydrogen-bond donors (Lipinski definition) is 0. The van der Waals surface area contributed by atoms with Gasteiger partial charge in [-0.3, -0.25) is 0 Å². The summed E-state index contributed by atoms with van der Waals surface area (Å²) in [6, 6.07) is 1.25. The summed E-state index contributed by atoms with van der Waals surface area (Å²) in [5.41, 5.74) is 0. The molecule has 0 unspecified atom stereocenters. The van der Waals surface area contributed by atoms with Gasteiger partial charge >= 0.3 is 47.5 Å². The van der Waals surface area contributed by atoms with E-state index in [1.807, 2.05) is 0 Å². The topological polar surface area (TPSA) is 0 Å². The van der Waals surface area contributed by atoms with Crippen LogP contribution in [-0.2, 0) is 19.3 Å². The first kappa shape index (κ1) is 6.72. The van der Waals surface area contributed by atoms with Crippen molar-refractivity contribution in [2.45, 2.75) is 13.0 Å². The molecular weight excluding hydrogens is 127 g/mol. The second-order valence-corrected chi connectivity index (χ2v) is 8.89. The van der Waals surface area contributed by atoms with Crippen LogP contribution in [0.1, 0.15) is 6.92 Å². The van der Waals surface area contributed by atoms with Crippen molar-refractivity contribution >= 4 is 34.5 Å². The Morgan fingerprint density at radius 3 is 2.50 bits per heavy atom. The fraction of sp³-hybridized carbons (Fsp3) is 1.00. The zero-order valence-corrected chi connectivity index (χ0v) is 6.86. The molecule has 0 spiro atoms. The van der Waals surface area contributed by atoms with Gasteiger partial charge in [-0.2, -0.15) is 0 Å². The summed E-state index contributed by atoms with van der Waals surface area (Å²) in [6.07, 6.45) is 0. The summed E-state index contributed by atoms with van der Waals surface area (Å²) in [7, 11) is -0.117. The molecule has 0 aromatic heterocycles. The summed E-state index contributed by atoms with van der Waals surface area (Å²) in [4.78, 5) is 0. The Bertz CT molecular complexity index is 123. The Kier molecular flexibility index (Phi) is 4.37. The molecule has 0 nitrogen and oxygen atoms in total. The van der Waals surface area contributed by atoms with Gasteiger partial charge in [-0.1, -0.05) is 0 Å². The van der Waals surface area contributed by atoms with Crippen molar-refractivity contribution in [2.24, 2.45) is 0 Å². The molecule has 0 rings (SSSR count). The van der Waals surface area contributed by atoms with E-state index in [-0.39, 0.29) is 16.8 Å². The standard InChI is InChI=1S/C2H7BS2Si/c1-2-6-5(3)4/h2,6H2,1H3. The molecule has 0 aromatic rings. The van der Waals surface area contributed by atoms with Crippen LogP contribution in [0.2, 0.25) is 6.04 Å². The van der Waals surface area contributed by atoms with E-state index < -0.39 is 0 Å². The van der Waals surface area contributed by atoms with Crippen molar-refractivity contribution in [2.75, 3.05) is 0 Å². The molecule has 6 heavy (non-hydrogen) atoms. The molecule has 0 aromatic carbocycles. The van der Waals surface area contributed by atoms with Gasteiger partial charge in [0.25, 0.3) is 0 Å². The maximum atomic E-state index is 5.31. The second-order valence-electron chi connectivity index (χ2n) is 1.08. The fourth-order valence-electron chi connectivity index (χ4n) is 0.201. The van der Waals surface area contributed by atoms with Crippen molar-refractivity contribution in [3.8, 4) is 0 Å². The van der Waals surface area contributed by atoms with E-state index in [4.69, 9.17) is 17.7 Å². The summed E-state index contributed by atoms with van der Waals surface area (Å²) < 4.78 is 0. The van der Waals surface area contributed by atoms with Crippen LogP contribution in [-0.4, -0.2) is 15.2 Å². The van der Waals surface area contributed by atoms with E-state index in [1.165, 1.54) is 6.04 Å². The van der Waals surface area contributed by atoms with Crippen LogP contribution >= 0.6 is 0 Å². The summed E-state index contributed by atoms with van der Waals surface area (Å²) in [6.45, 7) is 7.45. The van der Waals surface area contributed by atoms with E-state index in [0.29, 0.717) is 0 Å². The number of rotatable bonds is 1. The molecule has 0 amide bonds. The van der Waals surface area contributed by atoms with Crippen LogP contribution in [0.4, 0.5) is 0 Å². The third-order valence-corrected chi connectivity index (χ3v) is 5.15. The quantitative estimate of drug-likeness (QED) is 0.442. The van der Waals surface area contributed by atoms with Crippen molar-refractivity contribution in [1.82, 2.24) is 0 Å². The minimum absolute atomic E-state index is 0.0231. The Balaban J connectivity index is 3.16. The van der Waals surface area contributed by atoms with Crippen LogP contribution in [0.15, 0.2) is 0 Å². The van der Waals surface area contributed by atoms with Gasteiger partial charge in [0.1, 0.15) is 0 Å². The first-order valence-electron chi connectivity index (χ1n) is 1.90. The van der Waals surface area contributed by atoms with Gasteiger partial charge in [-0.05, 0) is 0 Å². The van der Waals surface area contributed by atoms with Crippen LogP contribution in [0.5, 0.6) is 0 Å².